The zero-order chi connectivity index (χ0) is 6.27. The zero-order valence-electron chi connectivity index (χ0n) is 6.75. The van der Waals surface area contributed by atoms with Gasteiger partial charge in [0.05, 0.1) is 0 Å². The Bertz CT molecular complexity index is 111. The molecular weight excluding hydrogens is 183 g/mol. The van der Waals surface area contributed by atoms with Crippen molar-refractivity contribution in [3.8, 4) is 0 Å². The molecule has 1 saturated carbocycles. The van der Waals surface area contributed by atoms with E-state index in [2.05, 4.69) is 17.3 Å². The van der Waals surface area contributed by atoms with Gasteiger partial charge in [-0.15, -0.1) is 24.8 Å². The lowest BCUT2D eigenvalue weighted by molar-refractivity contribution is 0.123. The summed E-state index contributed by atoms with van der Waals surface area (Å²) in [4.78, 5) is 2.57. The molecule has 0 unspecified atom stereocenters. The van der Waals surface area contributed by atoms with Crippen LogP contribution in [0, 0.1) is 0 Å². The first-order chi connectivity index (χ1) is 4.40. The molecule has 2 aliphatic rings. The first-order valence-electron chi connectivity index (χ1n) is 3.81. The van der Waals surface area contributed by atoms with Crippen LogP contribution in [0.2, 0.25) is 0 Å². The fraction of sp³-hybridized carbons (Fsp3) is 1.00. The van der Waals surface area contributed by atoms with Gasteiger partial charge in [-0.1, -0.05) is 0 Å². The van der Waals surface area contributed by atoms with Gasteiger partial charge >= 0.3 is 0 Å². The van der Waals surface area contributed by atoms with Crippen LogP contribution in [-0.2, 0) is 0 Å². The molecule has 2 fully saturated rings. The molecule has 68 valence electrons. The molecule has 1 heterocycles. The lowest BCUT2D eigenvalue weighted by Gasteiger charge is -2.39. The minimum atomic E-state index is 0. The van der Waals surface area contributed by atoms with Crippen LogP contribution in [0.3, 0.4) is 0 Å². The molecular formula is C7H16Cl2N2. The van der Waals surface area contributed by atoms with Gasteiger partial charge in [0, 0.05) is 25.2 Å². The number of hydrogen-bond donors (Lipinski definition) is 1. The number of nitrogens with zero attached hydrogens (tertiary/aromatic N) is 1. The molecule has 1 N–H and O–H groups in total. The average Bonchev–Trinajstić information content (AvgIpc) is 2.46. The summed E-state index contributed by atoms with van der Waals surface area (Å²) >= 11 is 0. The van der Waals surface area contributed by atoms with Crippen molar-refractivity contribution in [1.82, 2.24) is 10.2 Å². The lowest BCUT2D eigenvalue weighted by Crippen LogP contribution is -2.57. The third-order valence-electron chi connectivity index (χ3n) is 2.38. The Balaban J connectivity index is 0.000000500. The molecule has 0 amide bonds. The average molecular weight is 199 g/mol. The van der Waals surface area contributed by atoms with E-state index in [0.29, 0.717) is 0 Å². The molecule has 0 aromatic rings. The lowest BCUT2D eigenvalue weighted by atomic mass is 10.1. The number of hydrogen-bond acceptors (Lipinski definition) is 2. The monoisotopic (exact) mass is 198 g/mol. The Morgan fingerprint density at radius 3 is 2.09 bits per heavy atom. The smallest absolute Gasteiger partial charge is 0.0320 e. The SMILES string of the molecule is CNC1CN(C2CC2)C1.Cl.Cl. The van der Waals surface area contributed by atoms with Crippen molar-refractivity contribution in [3.63, 3.8) is 0 Å². The summed E-state index contributed by atoms with van der Waals surface area (Å²) in [5.74, 6) is 0. The summed E-state index contributed by atoms with van der Waals surface area (Å²) in [7, 11) is 2.05. The van der Waals surface area contributed by atoms with E-state index < -0.39 is 0 Å². The molecule has 1 aliphatic carbocycles. The van der Waals surface area contributed by atoms with E-state index in [1.807, 2.05) is 0 Å². The normalized spacial score (nSPS) is 24.8. The van der Waals surface area contributed by atoms with E-state index in [9.17, 15) is 0 Å². The molecule has 0 aromatic heterocycles. The largest absolute Gasteiger partial charge is 0.315 e. The van der Waals surface area contributed by atoms with Crippen LogP contribution in [0.15, 0.2) is 0 Å². The highest BCUT2D eigenvalue weighted by Crippen LogP contribution is 2.30. The minimum Gasteiger partial charge on any atom is -0.315 e. The molecule has 1 aliphatic heterocycles. The fourth-order valence-corrected chi connectivity index (χ4v) is 1.43. The minimum absolute atomic E-state index is 0. The first kappa shape index (κ1) is 11.5. The number of rotatable bonds is 2. The fourth-order valence-electron chi connectivity index (χ4n) is 1.43. The molecule has 11 heavy (non-hydrogen) atoms. The van der Waals surface area contributed by atoms with Crippen LogP contribution in [0.25, 0.3) is 0 Å². The highest BCUT2D eigenvalue weighted by atomic mass is 35.5. The third kappa shape index (κ3) is 2.48. The molecule has 2 rings (SSSR count). The highest BCUT2D eigenvalue weighted by molar-refractivity contribution is 5.85. The Morgan fingerprint density at radius 1 is 1.18 bits per heavy atom. The number of halogens is 2. The van der Waals surface area contributed by atoms with E-state index in [-0.39, 0.29) is 24.8 Å². The van der Waals surface area contributed by atoms with Gasteiger partial charge in [-0.05, 0) is 19.9 Å². The Labute approximate surface area is 80.5 Å². The molecule has 0 spiro atoms. The summed E-state index contributed by atoms with van der Waals surface area (Å²) in [6, 6.07) is 1.78. The first-order valence-corrected chi connectivity index (χ1v) is 3.81. The topological polar surface area (TPSA) is 15.3 Å². The van der Waals surface area contributed by atoms with Crippen molar-refractivity contribution < 1.29 is 0 Å². The van der Waals surface area contributed by atoms with Crippen LogP contribution in [-0.4, -0.2) is 37.1 Å². The van der Waals surface area contributed by atoms with E-state index in [4.69, 9.17) is 0 Å². The highest BCUT2D eigenvalue weighted by Gasteiger charge is 2.36. The van der Waals surface area contributed by atoms with E-state index in [1.54, 1.807) is 0 Å². The van der Waals surface area contributed by atoms with Crippen LogP contribution < -0.4 is 5.32 Å². The van der Waals surface area contributed by atoms with Crippen LogP contribution in [0.4, 0.5) is 0 Å². The maximum absolute atomic E-state index is 3.27. The third-order valence-corrected chi connectivity index (χ3v) is 2.38. The second-order valence-corrected chi connectivity index (χ2v) is 3.17. The molecule has 2 nitrogen and oxygen atoms in total. The molecule has 0 aromatic carbocycles. The van der Waals surface area contributed by atoms with Gasteiger partial charge in [-0.25, -0.2) is 0 Å². The summed E-state index contributed by atoms with van der Waals surface area (Å²) in [5.41, 5.74) is 0. The van der Waals surface area contributed by atoms with Crippen LogP contribution in [0.5, 0.6) is 0 Å². The molecule has 0 atom stereocenters. The van der Waals surface area contributed by atoms with Crippen molar-refractivity contribution >= 4 is 24.8 Å². The standard InChI is InChI=1S/C7H14N2.2ClH/c1-8-6-4-9(5-6)7-2-3-7;;/h6-8H,2-5H2,1H3;2*1H. The Hall–Kier alpha value is 0.500. The van der Waals surface area contributed by atoms with Crippen molar-refractivity contribution in [2.24, 2.45) is 0 Å². The van der Waals surface area contributed by atoms with Gasteiger partial charge in [-0.3, -0.25) is 4.90 Å². The Kier molecular flexibility index (Phi) is 4.71. The molecule has 0 radical (unpaired) electrons. The van der Waals surface area contributed by atoms with Crippen molar-refractivity contribution in [1.29, 1.82) is 0 Å². The van der Waals surface area contributed by atoms with E-state index in [1.165, 1.54) is 25.9 Å². The van der Waals surface area contributed by atoms with Crippen LogP contribution >= 0.6 is 24.8 Å². The van der Waals surface area contributed by atoms with Crippen LogP contribution in [0.1, 0.15) is 12.8 Å². The van der Waals surface area contributed by atoms with Gasteiger partial charge in [0.2, 0.25) is 0 Å². The Morgan fingerprint density at radius 2 is 1.73 bits per heavy atom. The van der Waals surface area contributed by atoms with Crippen molar-refractivity contribution in [2.75, 3.05) is 20.1 Å². The van der Waals surface area contributed by atoms with Gasteiger partial charge in [-0.2, -0.15) is 0 Å². The van der Waals surface area contributed by atoms with E-state index >= 15 is 0 Å². The number of likely N-dealkylation sites (N-methyl/N-ethyl adjacent to an activating group) is 1. The molecule has 4 heteroatoms. The summed E-state index contributed by atoms with van der Waals surface area (Å²) in [5, 5.41) is 3.27. The second-order valence-electron chi connectivity index (χ2n) is 3.17. The summed E-state index contributed by atoms with van der Waals surface area (Å²) in [6.07, 6.45) is 2.91. The quantitative estimate of drug-likeness (QED) is 0.710. The summed E-state index contributed by atoms with van der Waals surface area (Å²) in [6.45, 7) is 2.59. The van der Waals surface area contributed by atoms with Crippen molar-refractivity contribution in [3.05, 3.63) is 0 Å². The number of likely N-dealkylation sites (tertiary alicyclic amines) is 1. The second kappa shape index (κ2) is 4.51. The summed E-state index contributed by atoms with van der Waals surface area (Å²) < 4.78 is 0. The number of nitrogens with one attached hydrogen (secondary N) is 1. The predicted molar refractivity (Wildman–Crippen MR) is 51.9 cm³/mol. The van der Waals surface area contributed by atoms with Gasteiger partial charge in [0.25, 0.3) is 0 Å². The van der Waals surface area contributed by atoms with E-state index in [0.717, 1.165) is 12.1 Å². The van der Waals surface area contributed by atoms with Gasteiger partial charge < -0.3 is 5.32 Å². The molecule has 0 bridgehead atoms. The maximum Gasteiger partial charge on any atom is 0.0320 e. The predicted octanol–water partition coefficient (Wildman–Crippen LogP) is 0.896. The van der Waals surface area contributed by atoms with Crippen molar-refractivity contribution in [2.45, 2.75) is 24.9 Å². The maximum atomic E-state index is 3.27. The molecule has 1 saturated heterocycles. The van der Waals surface area contributed by atoms with Gasteiger partial charge in [0.1, 0.15) is 0 Å². The van der Waals surface area contributed by atoms with Gasteiger partial charge in [0.15, 0.2) is 0 Å². The zero-order valence-corrected chi connectivity index (χ0v) is 8.38.